The average molecular weight is 268 g/mol. The first-order valence-corrected chi connectivity index (χ1v) is 6.91. The number of ether oxygens (including phenoxy) is 1. The maximum atomic E-state index is 13.5. The third kappa shape index (κ3) is 4.31. The predicted molar refractivity (Wildman–Crippen MR) is 72.9 cm³/mol. The SMILES string of the molecule is CCNc1ncc(F)c(NCCOC2CCCC2)n1. The standard InChI is InChI=1S/C13H21FN4O/c1-2-15-13-17-9-11(14)12(18-13)16-7-8-19-10-5-3-4-6-10/h9-10H,2-8H2,1H3,(H2,15,16,17,18). The molecule has 2 rings (SSSR count). The van der Waals surface area contributed by atoms with E-state index >= 15 is 0 Å². The lowest BCUT2D eigenvalue weighted by Gasteiger charge is -2.12. The second-order valence-electron chi connectivity index (χ2n) is 4.62. The van der Waals surface area contributed by atoms with Gasteiger partial charge in [-0.15, -0.1) is 0 Å². The van der Waals surface area contributed by atoms with Gasteiger partial charge in [0, 0.05) is 13.1 Å². The van der Waals surface area contributed by atoms with Gasteiger partial charge >= 0.3 is 0 Å². The molecule has 1 fully saturated rings. The van der Waals surface area contributed by atoms with Crippen LogP contribution in [-0.4, -0.2) is 35.8 Å². The highest BCUT2D eigenvalue weighted by atomic mass is 19.1. The summed E-state index contributed by atoms with van der Waals surface area (Å²) in [5, 5.41) is 5.89. The van der Waals surface area contributed by atoms with Gasteiger partial charge in [-0.3, -0.25) is 0 Å². The van der Waals surface area contributed by atoms with E-state index < -0.39 is 5.82 Å². The highest BCUT2D eigenvalue weighted by Gasteiger charge is 2.14. The van der Waals surface area contributed by atoms with E-state index in [0.29, 0.717) is 31.7 Å². The smallest absolute Gasteiger partial charge is 0.224 e. The van der Waals surface area contributed by atoms with Crippen molar-refractivity contribution < 1.29 is 9.13 Å². The molecule has 1 aliphatic carbocycles. The number of nitrogens with one attached hydrogen (secondary N) is 2. The summed E-state index contributed by atoms with van der Waals surface area (Å²) >= 11 is 0. The minimum absolute atomic E-state index is 0.223. The molecule has 1 aromatic rings. The monoisotopic (exact) mass is 268 g/mol. The second-order valence-corrected chi connectivity index (χ2v) is 4.62. The van der Waals surface area contributed by atoms with Gasteiger partial charge in [-0.05, 0) is 19.8 Å². The van der Waals surface area contributed by atoms with E-state index in [-0.39, 0.29) is 5.82 Å². The largest absolute Gasteiger partial charge is 0.376 e. The van der Waals surface area contributed by atoms with Gasteiger partial charge in [0.25, 0.3) is 0 Å². The van der Waals surface area contributed by atoms with E-state index in [1.807, 2.05) is 6.92 Å². The van der Waals surface area contributed by atoms with Crippen molar-refractivity contribution in [3.63, 3.8) is 0 Å². The van der Waals surface area contributed by atoms with Crippen LogP contribution >= 0.6 is 0 Å². The normalized spacial score (nSPS) is 15.7. The van der Waals surface area contributed by atoms with Crippen molar-refractivity contribution in [1.82, 2.24) is 9.97 Å². The first kappa shape index (κ1) is 14.0. The molecule has 0 atom stereocenters. The van der Waals surface area contributed by atoms with Crippen LogP contribution in [0, 0.1) is 5.82 Å². The minimum atomic E-state index is -0.442. The number of anilines is 2. The van der Waals surface area contributed by atoms with Crippen molar-refractivity contribution in [3.05, 3.63) is 12.0 Å². The highest BCUT2D eigenvalue weighted by molar-refractivity contribution is 5.40. The number of nitrogens with zero attached hydrogens (tertiary/aromatic N) is 2. The Morgan fingerprint density at radius 1 is 1.37 bits per heavy atom. The fraction of sp³-hybridized carbons (Fsp3) is 0.692. The van der Waals surface area contributed by atoms with Gasteiger partial charge < -0.3 is 15.4 Å². The number of hydrogen-bond acceptors (Lipinski definition) is 5. The molecular formula is C13H21FN4O. The summed E-state index contributed by atoms with van der Waals surface area (Å²) in [5.74, 6) is 0.214. The van der Waals surface area contributed by atoms with Gasteiger partial charge in [-0.25, -0.2) is 9.37 Å². The summed E-state index contributed by atoms with van der Waals surface area (Å²) in [6, 6.07) is 0. The molecule has 19 heavy (non-hydrogen) atoms. The molecule has 1 aromatic heterocycles. The number of halogens is 1. The zero-order valence-electron chi connectivity index (χ0n) is 11.3. The summed E-state index contributed by atoms with van der Waals surface area (Å²) in [7, 11) is 0. The van der Waals surface area contributed by atoms with Crippen LogP contribution in [0.3, 0.4) is 0 Å². The first-order chi connectivity index (χ1) is 9.29. The molecular weight excluding hydrogens is 247 g/mol. The molecule has 6 heteroatoms. The van der Waals surface area contributed by atoms with Crippen LogP contribution in [0.1, 0.15) is 32.6 Å². The molecule has 2 N–H and O–H groups in total. The summed E-state index contributed by atoms with van der Waals surface area (Å²) < 4.78 is 19.2. The van der Waals surface area contributed by atoms with Crippen molar-refractivity contribution in [1.29, 1.82) is 0 Å². The lowest BCUT2D eigenvalue weighted by molar-refractivity contribution is 0.0658. The Labute approximate surface area is 113 Å². The van der Waals surface area contributed by atoms with Crippen molar-refractivity contribution in [3.8, 4) is 0 Å². The summed E-state index contributed by atoms with van der Waals surface area (Å²) in [6.07, 6.45) is 6.36. The lowest BCUT2D eigenvalue weighted by atomic mass is 10.3. The molecule has 0 unspecified atom stereocenters. The zero-order chi connectivity index (χ0) is 13.5. The van der Waals surface area contributed by atoms with Crippen LogP contribution in [0.15, 0.2) is 6.20 Å². The Hall–Kier alpha value is -1.43. The lowest BCUT2D eigenvalue weighted by Crippen LogP contribution is -2.17. The molecule has 0 aliphatic heterocycles. The van der Waals surface area contributed by atoms with Crippen molar-refractivity contribution in [2.75, 3.05) is 30.3 Å². The number of aromatic nitrogens is 2. The van der Waals surface area contributed by atoms with Crippen molar-refractivity contribution in [2.24, 2.45) is 0 Å². The molecule has 106 valence electrons. The average Bonchev–Trinajstić information content (AvgIpc) is 2.91. The predicted octanol–water partition coefficient (Wildman–Crippen LogP) is 2.42. The topological polar surface area (TPSA) is 59.1 Å². The third-order valence-corrected chi connectivity index (χ3v) is 3.13. The third-order valence-electron chi connectivity index (χ3n) is 3.13. The van der Waals surface area contributed by atoms with Gasteiger partial charge in [-0.2, -0.15) is 4.98 Å². The summed E-state index contributed by atoms with van der Waals surface area (Å²) in [5.41, 5.74) is 0. The minimum Gasteiger partial charge on any atom is -0.376 e. The van der Waals surface area contributed by atoms with Gasteiger partial charge in [0.05, 0.1) is 18.9 Å². The molecule has 0 aromatic carbocycles. The molecule has 5 nitrogen and oxygen atoms in total. The van der Waals surface area contributed by atoms with Crippen LogP contribution in [0.4, 0.5) is 16.2 Å². The van der Waals surface area contributed by atoms with E-state index in [0.717, 1.165) is 12.8 Å². The van der Waals surface area contributed by atoms with Crippen molar-refractivity contribution >= 4 is 11.8 Å². The molecule has 0 saturated heterocycles. The van der Waals surface area contributed by atoms with Crippen LogP contribution < -0.4 is 10.6 Å². The second kappa shape index (κ2) is 7.23. The van der Waals surface area contributed by atoms with Gasteiger partial charge in [0.1, 0.15) is 0 Å². The van der Waals surface area contributed by atoms with Crippen LogP contribution in [0.2, 0.25) is 0 Å². The number of hydrogen-bond donors (Lipinski definition) is 2. The van der Waals surface area contributed by atoms with E-state index in [1.165, 1.54) is 19.0 Å². The number of rotatable bonds is 7. The molecule has 0 radical (unpaired) electrons. The Morgan fingerprint density at radius 3 is 2.89 bits per heavy atom. The van der Waals surface area contributed by atoms with E-state index in [2.05, 4.69) is 20.6 Å². The molecule has 1 heterocycles. The van der Waals surface area contributed by atoms with Gasteiger partial charge in [0.15, 0.2) is 11.6 Å². The highest BCUT2D eigenvalue weighted by Crippen LogP contribution is 2.20. The van der Waals surface area contributed by atoms with Crippen LogP contribution in [-0.2, 0) is 4.74 Å². The molecule has 1 aliphatic rings. The zero-order valence-corrected chi connectivity index (χ0v) is 11.3. The van der Waals surface area contributed by atoms with E-state index in [9.17, 15) is 4.39 Å². The Kier molecular flexibility index (Phi) is 5.32. The Balaban J connectivity index is 1.76. The van der Waals surface area contributed by atoms with E-state index in [4.69, 9.17) is 4.74 Å². The Bertz CT molecular complexity index is 396. The van der Waals surface area contributed by atoms with Crippen LogP contribution in [0.25, 0.3) is 0 Å². The molecule has 1 saturated carbocycles. The molecule has 0 spiro atoms. The first-order valence-electron chi connectivity index (χ1n) is 6.91. The van der Waals surface area contributed by atoms with E-state index in [1.54, 1.807) is 0 Å². The fourth-order valence-corrected chi connectivity index (χ4v) is 2.18. The quantitative estimate of drug-likeness (QED) is 0.744. The summed E-state index contributed by atoms with van der Waals surface area (Å²) in [4.78, 5) is 7.92. The Morgan fingerprint density at radius 2 is 2.16 bits per heavy atom. The van der Waals surface area contributed by atoms with Crippen LogP contribution in [0.5, 0.6) is 0 Å². The molecule has 0 amide bonds. The van der Waals surface area contributed by atoms with Gasteiger partial charge in [0.2, 0.25) is 5.95 Å². The van der Waals surface area contributed by atoms with Gasteiger partial charge in [-0.1, -0.05) is 12.8 Å². The maximum Gasteiger partial charge on any atom is 0.224 e. The fourth-order valence-electron chi connectivity index (χ4n) is 2.18. The maximum absolute atomic E-state index is 13.5. The van der Waals surface area contributed by atoms with Crippen molar-refractivity contribution in [2.45, 2.75) is 38.7 Å². The summed E-state index contributed by atoms with van der Waals surface area (Å²) in [6.45, 7) is 3.77. The molecule has 0 bridgehead atoms.